The minimum atomic E-state index is 0. The molecule has 0 radical (unpaired) electrons. The maximum atomic E-state index is 5.84. The van der Waals surface area contributed by atoms with Gasteiger partial charge in [-0.25, -0.2) is 9.97 Å². The first-order valence-electron chi connectivity index (χ1n) is 3.33. The van der Waals surface area contributed by atoms with Gasteiger partial charge in [-0.1, -0.05) is 27.5 Å². The molecule has 1 aromatic carbocycles. The van der Waals surface area contributed by atoms with E-state index < -0.39 is 0 Å². The van der Waals surface area contributed by atoms with Crippen LogP contribution in [-0.4, -0.2) is 9.97 Å². The molecular formula is C8H5BrCl2N2. The highest BCUT2D eigenvalue weighted by Gasteiger charge is 1.99. The molecule has 2 nitrogen and oxygen atoms in total. The van der Waals surface area contributed by atoms with Crippen molar-refractivity contribution in [3.05, 3.63) is 34.2 Å². The number of benzene rings is 1. The molecule has 0 spiro atoms. The van der Waals surface area contributed by atoms with Crippen LogP contribution in [0.15, 0.2) is 29.0 Å². The van der Waals surface area contributed by atoms with E-state index in [1.807, 2.05) is 18.2 Å². The van der Waals surface area contributed by atoms with E-state index in [1.165, 1.54) is 6.33 Å². The van der Waals surface area contributed by atoms with Crippen LogP contribution in [0.4, 0.5) is 0 Å². The van der Waals surface area contributed by atoms with Crippen LogP contribution in [0.2, 0.25) is 5.15 Å². The molecule has 2 rings (SSSR count). The van der Waals surface area contributed by atoms with E-state index >= 15 is 0 Å². The lowest BCUT2D eigenvalue weighted by molar-refractivity contribution is 1.22. The van der Waals surface area contributed by atoms with Crippen molar-refractivity contribution in [2.45, 2.75) is 0 Å². The predicted octanol–water partition coefficient (Wildman–Crippen LogP) is 3.47. The fraction of sp³-hybridized carbons (Fsp3) is 0. The predicted molar refractivity (Wildman–Crippen MR) is 59.5 cm³/mol. The van der Waals surface area contributed by atoms with Gasteiger partial charge in [0.25, 0.3) is 0 Å². The van der Waals surface area contributed by atoms with E-state index in [0.717, 1.165) is 15.4 Å². The second-order valence-electron chi connectivity index (χ2n) is 2.33. The minimum Gasteiger partial charge on any atom is -0.236 e. The highest BCUT2D eigenvalue weighted by molar-refractivity contribution is 9.10. The lowest BCUT2D eigenvalue weighted by Crippen LogP contribution is -1.82. The number of rotatable bonds is 0. The highest BCUT2D eigenvalue weighted by atomic mass is 79.9. The number of nitrogens with zero attached hydrogens (tertiary/aromatic N) is 2. The molecule has 0 aliphatic carbocycles. The third kappa shape index (κ3) is 2.10. The van der Waals surface area contributed by atoms with Crippen LogP contribution in [-0.2, 0) is 0 Å². The summed E-state index contributed by atoms with van der Waals surface area (Å²) in [5.41, 5.74) is 0.851. The van der Waals surface area contributed by atoms with E-state index in [0.29, 0.717) is 5.15 Å². The molecule has 0 saturated heterocycles. The molecule has 0 aliphatic rings. The first kappa shape index (κ1) is 10.7. The number of hydrogen-bond acceptors (Lipinski definition) is 2. The zero-order valence-electron chi connectivity index (χ0n) is 6.37. The van der Waals surface area contributed by atoms with Crippen LogP contribution in [0.1, 0.15) is 0 Å². The van der Waals surface area contributed by atoms with Crippen molar-refractivity contribution in [3.63, 3.8) is 0 Å². The number of fused-ring (bicyclic) bond motifs is 1. The molecule has 0 saturated carbocycles. The highest BCUT2D eigenvalue weighted by Crippen LogP contribution is 2.22. The summed E-state index contributed by atoms with van der Waals surface area (Å²) < 4.78 is 0.991. The molecule has 0 atom stereocenters. The van der Waals surface area contributed by atoms with Gasteiger partial charge in [0.15, 0.2) is 0 Å². The smallest absolute Gasteiger partial charge is 0.140 e. The van der Waals surface area contributed by atoms with Gasteiger partial charge in [0.2, 0.25) is 0 Å². The van der Waals surface area contributed by atoms with Gasteiger partial charge in [0.05, 0.1) is 5.52 Å². The van der Waals surface area contributed by atoms with Crippen LogP contribution in [0.5, 0.6) is 0 Å². The van der Waals surface area contributed by atoms with Crippen LogP contribution in [0, 0.1) is 0 Å². The Balaban J connectivity index is 0.000000845. The lowest BCUT2D eigenvalue weighted by Gasteiger charge is -1.97. The first-order valence-corrected chi connectivity index (χ1v) is 4.50. The second kappa shape index (κ2) is 4.22. The monoisotopic (exact) mass is 278 g/mol. The SMILES string of the molecule is Cl.Clc1ncnc2cc(Br)ccc12. The van der Waals surface area contributed by atoms with Crippen molar-refractivity contribution in [2.24, 2.45) is 0 Å². The molecule has 2 aromatic rings. The van der Waals surface area contributed by atoms with Gasteiger partial charge in [-0.3, -0.25) is 0 Å². The van der Waals surface area contributed by atoms with E-state index in [4.69, 9.17) is 11.6 Å². The summed E-state index contributed by atoms with van der Waals surface area (Å²) in [5, 5.41) is 1.37. The van der Waals surface area contributed by atoms with Crippen molar-refractivity contribution >= 4 is 50.8 Å². The lowest BCUT2D eigenvalue weighted by atomic mass is 10.2. The summed E-state index contributed by atoms with van der Waals surface area (Å²) in [6.45, 7) is 0. The summed E-state index contributed by atoms with van der Waals surface area (Å²) in [4.78, 5) is 7.95. The average molecular weight is 280 g/mol. The third-order valence-corrected chi connectivity index (χ3v) is 2.34. The van der Waals surface area contributed by atoms with Crippen molar-refractivity contribution in [3.8, 4) is 0 Å². The van der Waals surface area contributed by atoms with Crippen molar-refractivity contribution in [1.29, 1.82) is 0 Å². The van der Waals surface area contributed by atoms with Gasteiger partial charge in [0, 0.05) is 9.86 Å². The standard InChI is InChI=1S/C8H4BrClN2.ClH/c9-5-1-2-6-7(3-5)11-4-12-8(6)10;/h1-4H;1H. The Morgan fingerprint density at radius 3 is 2.77 bits per heavy atom. The number of aromatic nitrogens is 2. The Kier molecular flexibility index (Phi) is 3.47. The quantitative estimate of drug-likeness (QED) is 0.690. The Labute approximate surface area is 94.9 Å². The van der Waals surface area contributed by atoms with Gasteiger partial charge in [-0.15, -0.1) is 12.4 Å². The van der Waals surface area contributed by atoms with Gasteiger partial charge in [0.1, 0.15) is 11.5 Å². The topological polar surface area (TPSA) is 25.8 Å². The van der Waals surface area contributed by atoms with Gasteiger partial charge >= 0.3 is 0 Å². The second-order valence-corrected chi connectivity index (χ2v) is 3.60. The van der Waals surface area contributed by atoms with Gasteiger partial charge in [-0.05, 0) is 18.2 Å². The van der Waals surface area contributed by atoms with Crippen molar-refractivity contribution < 1.29 is 0 Å². The molecule has 0 fully saturated rings. The molecule has 1 heterocycles. The van der Waals surface area contributed by atoms with E-state index in [9.17, 15) is 0 Å². The molecule has 13 heavy (non-hydrogen) atoms. The van der Waals surface area contributed by atoms with E-state index in [1.54, 1.807) is 0 Å². The maximum Gasteiger partial charge on any atom is 0.140 e. The number of hydrogen-bond donors (Lipinski definition) is 0. The van der Waals surface area contributed by atoms with Crippen LogP contribution < -0.4 is 0 Å². The Hall–Kier alpha value is -0.380. The molecule has 0 unspecified atom stereocenters. The zero-order valence-corrected chi connectivity index (χ0v) is 9.53. The summed E-state index contributed by atoms with van der Waals surface area (Å²) in [6.07, 6.45) is 1.46. The summed E-state index contributed by atoms with van der Waals surface area (Å²) in [7, 11) is 0. The molecule has 0 bridgehead atoms. The van der Waals surface area contributed by atoms with E-state index in [2.05, 4.69) is 25.9 Å². The number of halogens is 3. The fourth-order valence-corrected chi connectivity index (χ4v) is 1.55. The normalized spacial score (nSPS) is 9.69. The van der Waals surface area contributed by atoms with Crippen molar-refractivity contribution in [1.82, 2.24) is 9.97 Å². The minimum absolute atomic E-state index is 0. The maximum absolute atomic E-state index is 5.84. The molecule has 0 amide bonds. The third-order valence-electron chi connectivity index (χ3n) is 1.55. The Bertz CT molecular complexity index is 433. The molecule has 0 aliphatic heterocycles. The summed E-state index contributed by atoms with van der Waals surface area (Å²) in [5.74, 6) is 0. The van der Waals surface area contributed by atoms with Gasteiger partial charge in [-0.2, -0.15) is 0 Å². The molecule has 1 aromatic heterocycles. The van der Waals surface area contributed by atoms with Crippen molar-refractivity contribution in [2.75, 3.05) is 0 Å². The van der Waals surface area contributed by atoms with Crippen LogP contribution >= 0.6 is 39.9 Å². The largest absolute Gasteiger partial charge is 0.236 e. The zero-order chi connectivity index (χ0) is 8.55. The molecule has 68 valence electrons. The van der Waals surface area contributed by atoms with Crippen LogP contribution in [0.25, 0.3) is 10.9 Å². The summed E-state index contributed by atoms with van der Waals surface area (Å²) >= 11 is 9.20. The first-order chi connectivity index (χ1) is 5.77. The Morgan fingerprint density at radius 2 is 2.00 bits per heavy atom. The fourth-order valence-electron chi connectivity index (χ4n) is 0.997. The summed E-state index contributed by atoms with van der Waals surface area (Å²) in [6, 6.07) is 5.71. The average Bonchev–Trinajstić information content (AvgIpc) is 2.04. The van der Waals surface area contributed by atoms with E-state index in [-0.39, 0.29) is 12.4 Å². The molecule has 0 N–H and O–H groups in total. The van der Waals surface area contributed by atoms with Crippen LogP contribution in [0.3, 0.4) is 0 Å². The Morgan fingerprint density at radius 1 is 1.23 bits per heavy atom. The molecule has 5 heteroatoms. The van der Waals surface area contributed by atoms with Gasteiger partial charge < -0.3 is 0 Å². The molecular weight excluding hydrogens is 275 g/mol.